The molecule has 9 unspecified atom stereocenters. The molecule has 9 atom stereocenters. The number of phenolic OH excluding ortho intramolecular Hbond substituents is 1. The molecular formula is C27H24I2O-2. The van der Waals surface area contributed by atoms with E-state index in [1.54, 1.807) is 5.56 Å². The summed E-state index contributed by atoms with van der Waals surface area (Å²) in [6.45, 7) is 4.52. The normalized spacial score (nSPS) is 48.1. The number of hydrogen-bond donors (Lipinski definition) is 1. The van der Waals surface area contributed by atoms with Gasteiger partial charge in [0.2, 0.25) is 0 Å². The Bertz CT molecular complexity index is 1170. The zero-order chi connectivity index (χ0) is 19.8. The summed E-state index contributed by atoms with van der Waals surface area (Å²) in [4.78, 5) is 0. The molecule has 1 nitrogen and oxygen atoms in total. The Kier molecular flexibility index (Phi) is 3.28. The van der Waals surface area contributed by atoms with Crippen molar-refractivity contribution in [3.05, 3.63) is 78.4 Å². The van der Waals surface area contributed by atoms with Crippen LogP contribution >= 0.6 is 0 Å². The molecule has 30 heavy (non-hydrogen) atoms. The summed E-state index contributed by atoms with van der Waals surface area (Å²) in [6.07, 6.45) is 10.4. The van der Waals surface area contributed by atoms with E-state index in [0.717, 1.165) is 37.4 Å². The van der Waals surface area contributed by atoms with Crippen LogP contribution in [0.5, 0.6) is 5.75 Å². The first-order valence-electron chi connectivity index (χ1n) is 11.2. The molecule has 4 fully saturated rings. The molecule has 0 radical (unpaired) electrons. The number of halogens is 2. The van der Waals surface area contributed by atoms with Crippen molar-refractivity contribution in [2.45, 2.75) is 27.5 Å². The van der Waals surface area contributed by atoms with E-state index in [1.165, 1.54) is 29.5 Å². The molecule has 0 aromatic heterocycles. The monoisotopic (exact) mass is 618 g/mol. The molecular weight excluding hydrogens is 594 g/mol. The van der Waals surface area contributed by atoms with Gasteiger partial charge in [0.15, 0.2) is 0 Å². The molecule has 3 heteroatoms. The first kappa shape index (κ1) is 17.7. The van der Waals surface area contributed by atoms with Crippen molar-refractivity contribution < 1.29 is 47.5 Å². The minimum absolute atomic E-state index is 0.0684. The zero-order valence-corrected chi connectivity index (χ0v) is 21.0. The molecule has 0 amide bonds. The summed E-state index contributed by atoms with van der Waals surface area (Å²) in [5.41, 5.74) is 5.85. The van der Waals surface area contributed by atoms with Crippen molar-refractivity contribution in [1.29, 1.82) is 0 Å². The van der Waals surface area contributed by atoms with Crippen molar-refractivity contribution in [3.8, 4) is 16.9 Å². The first-order chi connectivity index (χ1) is 14.7. The van der Waals surface area contributed by atoms with Crippen molar-refractivity contribution in [2.75, 3.05) is 0 Å². The maximum absolute atomic E-state index is 10.4. The van der Waals surface area contributed by atoms with Gasteiger partial charge in [-0.2, -0.15) is 0 Å². The molecule has 3 saturated heterocycles. The topological polar surface area (TPSA) is 20.2 Å². The van der Waals surface area contributed by atoms with Gasteiger partial charge in [-0.3, -0.25) is 0 Å². The number of fused-ring (bicyclic) bond motifs is 17. The molecule has 3 heterocycles. The summed E-state index contributed by atoms with van der Waals surface area (Å²) in [7, 11) is 0. The van der Waals surface area contributed by atoms with Crippen molar-refractivity contribution >= 4 is 0 Å². The summed E-state index contributed by atoms with van der Waals surface area (Å²) in [5.74, 6) is 4.94. The fourth-order valence-corrected chi connectivity index (χ4v) is 22.7. The average Bonchev–Trinajstić information content (AvgIpc) is 3.58. The second kappa shape index (κ2) is 5.56. The fraction of sp³-hybridized carbons (Fsp3) is 0.407. The van der Waals surface area contributed by atoms with Gasteiger partial charge in [0.1, 0.15) is 0 Å². The van der Waals surface area contributed by atoms with Crippen LogP contribution in [0, 0.1) is 29.6 Å². The Morgan fingerprint density at radius 2 is 1.83 bits per heavy atom. The number of aromatic hydroxyl groups is 1. The third kappa shape index (κ3) is 1.78. The Labute approximate surface area is 198 Å². The van der Waals surface area contributed by atoms with Crippen LogP contribution in [0.1, 0.15) is 24.0 Å². The first-order valence-corrected chi connectivity index (χ1v) is 15.9. The van der Waals surface area contributed by atoms with E-state index in [2.05, 4.69) is 61.2 Å². The molecule has 6 aliphatic rings. The molecule has 3 aliphatic heterocycles. The molecule has 154 valence electrons. The maximum atomic E-state index is 10.4. The Hall–Kier alpha value is -0.820. The Morgan fingerprint density at radius 3 is 2.73 bits per heavy atom. The van der Waals surface area contributed by atoms with E-state index >= 15 is 0 Å². The van der Waals surface area contributed by atoms with Crippen molar-refractivity contribution in [1.82, 2.24) is 0 Å². The van der Waals surface area contributed by atoms with Crippen LogP contribution in [0.4, 0.5) is 0 Å². The van der Waals surface area contributed by atoms with E-state index in [-0.39, 0.29) is 45.8 Å². The van der Waals surface area contributed by atoms with Gasteiger partial charge in [0.25, 0.3) is 0 Å². The summed E-state index contributed by atoms with van der Waals surface area (Å²) < 4.78 is 2.61. The summed E-state index contributed by atoms with van der Waals surface area (Å²) in [6, 6.07) is 15.4. The molecule has 1 spiro atoms. The number of hydrogen-bond acceptors (Lipinski definition) is 1. The number of benzene rings is 2. The van der Waals surface area contributed by atoms with Crippen LogP contribution in [-0.2, 0) is 3.42 Å². The number of allylic oxidation sites excluding steroid dienone is 3. The Balaban J connectivity index is 1.32. The molecule has 2 aromatic carbocycles. The molecule has 1 saturated carbocycles. The minimum atomic E-state index is -0.0684. The van der Waals surface area contributed by atoms with Gasteiger partial charge < -0.3 is 0 Å². The predicted molar refractivity (Wildman–Crippen MR) is 111 cm³/mol. The van der Waals surface area contributed by atoms with Crippen LogP contribution in [0.3, 0.4) is 0 Å². The summed E-state index contributed by atoms with van der Waals surface area (Å²) >= 11 is 0.132. The van der Waals surface area contributed by atoms with E-state index in [4.69, 9.17) is 0 Å². The molecule has 3 aliphatic carbocycles. The van der Waals surface area contributed by atoms with Crippen LogP contribution in [0.25, 0.3) is 11.1 Å². The van der Waals surface area contributed by atoms with Gasteiger partial charge in [-0.15, -0.1) is 0 Å². The van der Waals surface area contributed by atoms with E-state index in [9.17, 15) is 5.11 Å². The van der Waals surface area contributed by atoms with E-state index in [1.807, 2.05) is 6.07 Å². The van der Waals surface area contributed by atoms with Crippen LogP contribution in [0.15, 0.2) is 67.3 Å². The second-order valence-corrected chi connectivity index (χ2v) is 17.8. The number of alkyl halides is 4. The molecule has 8 rings (SSSR count). The second-order valence-electron chi connectivity index (χ2n) is 10.1. The Morgan fingerprint density at radius 1 is 1.00 bits per heavy atom. The molecule has 2 aromatic rings. The zero-order valence-electron chi connectivity index (χ0n) is 16.6. The van der Waals surface area contributed by atoms with Gasteiger partial charge in [0, 0.05) is 0 Å². The predicted octanol–water partition coefficient (Wildman–Crippen LogP) is -1.06. The van der Waals surface area contributed by atoms with Gasteiger partial charge in [-0.25, -0.2) is 0 Å². The number of rotatable bonds is 1. The molecule has 1 N–H and O–H groups in total. The van der Waals surface area contributed by atoms with Crippen LogP contribution in [0.2, 0.25) is 0 Å². The standard InChI is InChI=1S/C27H24I2O/c1-2-26-23-15-8-7-14(11-15)22(23)24(28-26)19-13-27(29-25(19)26)20-6-4-3-5-17(20)18-10-9-16(30)12-21(18)27/h2-10,12,14-15,19,22-25,30H,1,11,13H2/q-2. The van der Waals surface area contributed by atoms with Gasteiger partial charge in [0.05, 0.1) is 0 Å². The average molecular weight is 618 g/mol. The quantitative estimate of drug-likeness (QED) is 0.246. The van der Waals surface area contributed by atoms with Gasteiger partial charge in [-0.05, 0) is 0 Å². The number of phenols is 1. The fourth-order valence-electron chi connectivity index (χ4n) is 8.27. The van der Waals surface area contributed by atoms with Gasteiger partial charge >= 0.3 is 200 Å². The van der Waals surface area contributed by atoms with E-state index < -0.39 is 0 Å². The van der Waals surface area contributed by atoms with E-state index in [0.29, 0.717) is 9.17 Å². The molecule has 4 bridgehead atoms. The third-order valence-electron chi connectivity index (χ3n) is 9.13. The van der Waals surface area contributed by atoms with Crippen LogP contribution in [-0.4, -0.2) is 16.4 Å². The SMILES string of the molecule is C=CC12[I-]C(C3CC4([I-]C31)c1ccccc1-c1ccc(O)cc14)C1C3C=CC(C3)C12. The van der Waals surface area contributed by atoms with Gasteiger partial charge in [-0.1, -0.05) is 0 Å². The van der Waals surface area contributed by atoms with Crippen LogP contribution < -0.4 is 42.4 Å². The van der Waals surface area contributed by atoms with Crippen molar-refractivity contribution in [2.24, 2.45) is 29.6 Å². The van der Waals surface area contributed by atoms with Crippen molar-refractivity contribution in [3.63, 3.8) is 0 Å². The third-order valence-corrected chi connectivity index (χ3v) is 21.0. The summed E-state index contributed by atoms with van der Waals surface area (Å²) in [5, 5.41) is 10.4.